The molecule has 6 heteroatoms. The Bertz CT molecular complexity index is 512. The minimum absolute atomic E-state index is 0.288. The second-order valence-electron chi connectivity index (χ2n) is 2.78. The molecule has 0 aliphatic carbocycles. The van der Waals surface area contributed by atoms with Gasteiger partial charge in [0.1, 0.15) is 12.1 Å². The summed E-state index contributed by atoms with van der Waals surface area (Å²) >= 11 is 0. The van der Waals surface area contributed by atoms with E-state index in [0.717, 1.165) is 12.1 Å². The van der Waals surface area contributed by atoms with Gasteiger partial charge in [0.15, 0.2) is 0 Å². The van der Waals surface area contributed by atoms with Crippen molar-refractivity contribution in [1.82, 2.24) is 0 Å². The van der Waals surface area contributed by atoms with Crippen molar-refractivity contribution in [2.75, 3.05) is 0 Å². The summed E-state index contributed by atoms with van der Waals surface area (Å²) in [5.74, 6) is -2.77. The van der Waals surface area contributed by atoms with Gasteiger partial charge in [-0.15, -0.1) is 0 Å². The number of benzene rings is 1. The molecule has 0 heterocycles. The smallest absolute Gasteiger partial charge is 0.337 e. The fourth-order valence-electron chi connectivity index (χ4n) is 1.14. The van der Waals surface area contributed by atoms with E-state index in [1.807, 2.05) is 0 Å². The van der Waals surface area contributed by atoms with Gasteiger partial charge in [-0.1, -0.05) is 0 Å². The molecular formula is C10H4N2O4. The maximum atomic E-state index is 10.7. The van der Waals surface area contributed by atoms with Crippen molar-refractivity contribution in [3.63, 3.8) is 0 Å². The minimum atomic E-state index is -1.38. The van der Waals surface area contributed by atoms with Crippen LogP contribution >= 0.6 is 0 Å². The van der Waals surface area contributed by atoms with Gasteiger partial charge < -0.3 is 10.2 Å². The van der Waals surface area contributed by atoms with Crippen LogP contribution in [-0.2, 0) is 0 Å². The first-order chi connectivity index (χ1) is 7.51. The third-order valence-electron chi connectivity index (χ3n) is 1.86. The number of carbonyl (C=O) groups is 2. The quantitative estimate of drug-likeness (QED) is 0.754. The summed E-state index contributed by atoms with van der Waals surface area (Å²) in [7, 11) is 0. The summed E-state index contributed by atoms with van der Waals surface area (Å²) in [6, 6.07) is 4.90. The van der Waals surface area contributed by atoms with E-state index in [2.05, 4.69) is 0 Å². The van der Waals surface area contributed by atoms with Crippen LogP contribution in [0.1, 0.15) is 31.8 Å². The summed E-state index contributed by atoms with van der Waals surface area (Å²) in [5.41, 5.74) is -1.35. The van der Waals surface area contributed by atoms with Crippen molar-refractivity contribution in [3.8, 4) is 12.1 Å². The van der Waals surface area contributed by atoms with E-state index in [9.17, 15) is 9.59 Å². The molecule has 0 radical (unpaired) electrons. The lowest BCUT2D eigenvalue weighted by molar-refractivity contribution is 0.0680. The summed E-state index contributed by atoms with van der Waals surface area (Å²) in [4.78, 5) is 21.4. The largest absolute Gasteiger partial charge is 0.478 e. The predicted octanol–water partition coefficient (Wildman–Crippen LogP) is 0.826. The van der Waals surface area contributed by atoms with Crippen LogP contribution in [-0.4, -0.2) is 22.2 Å². The Morgan fingerprint density at radius 1 is 0.938 bits per heavy atom. The Hall–Kier alpha value is -2.86. The molecule has 0 aliphatic heterocycles. The number of carboxylic acid groups (broad SMARTS) is 2. The Morgan fingerprint density at radius 2 is 1.25 bits per heavy atom. The van der Waals surface area contributed by atoms with Gasteiger partial charge in [-0.3, -0.25) is 0 Å². The lowest BCUT2D eigenvalue weighted by Crippen LogP contribution is -2.07. The number of nitriles is 2. The first kappa shape index (κ1) is 11.2. The molecule has 0 amide bonds. The van der Waals surface area contributed by atoms with Crippen molar-refractivity contribution in [3.05, 3.63) is 34.4 Å². The van der Waals surface area contributed by atoms with E-state index in [1.165, 1.54) is 0 Å². The third kappa shape index (κ3) is 1.81. The molecule has 1 rings (SSSR count). The lowest BCUT2D eigenvalue weighted by Gasteiger charge is -2.02. The van der Waals surface area contributed by atoms with Crippen LogP contribution in [0.3, 0.4) is 0 Å². The monoisotopic (exact) mass is 216 g/mol. The SMILES string of the molecule is N#Cc1cc(C(=O)O)c(C#N)cc1C(=O)O. The van der Waals surface area contributed by atoms with Gasteiger partial charge in [0.2, 0.25) is 0 Å². The molecule has 1 aromatic carbocycles. The summed E-state index contributed by atoms with van der Waals surface area (Å²) < 4.78 is 0. The van der Waals surface area contributed by atoms with Crippen molar-refractivity contribution in [1.29, 1.82) is 10.5 Å². The van der Waals surface area contributed by atoms with Gasteiger partial charge in [0.25, 0.3) is 0 Å². The Labute approximate surface area is 89.6 Å². The average molecular weight is 216 g/mol. The van der Waals surface area contributed by atoms with E-state index in [0.29, 0.717) is 0 Å². The first-order valence-electron chi connectivity index (χ1n) is 3.96. The van der Waals surface area contributed by atoms with Gasteiger partial charge in [0.05, 0.1) is 22.3 Å². The molecule has 16 heavy (non-hydrogen) atoms. The number of rotatable bonds is 2. The van der Waals surface area contributed by atoms with E-state index < -0.39 is 11.9 Å². The maximum Gasteiger partial charge on any atom is 0.337 e. The van der Waals surface area contributed by atoms with E-state index >= 15 is 0 Å². The molecule has 0 spiro atoms. The molecule has 0 saturated carbocycles. The molecule has 2 N–H and O–H groups in total. The fraction of sp³-hybridized carbons (Fsp3) is 0. The Kier molecular flexibility index (Phi) is 2.88. The topological polar surface area (TPSA) is 122 Å². The van der Waals surface area contributed by atoms with Crippen molar-refractivity contribution in [2.24, 2.45) is 0 Å². The third-order valence-corrected chi connectivity index (χ3v) is 1.86. The summed E-state index contributed by atoms with van der Waals surface area (Å²) in [5, 5.41) is 34.8. The van der Waals surface area contributed by atoms with Gasteiger partial charge in [-0.25, -0.2) is 9.59 Å². The molecule has 0 saturated heterocycles. The van der Waals surface area contributed by atoms with Gasteiger partial charge in [0, 0.05) is 0 Å². The normalized spacial score (nSPS) is 8.88. The average Bonchev–Trinajstić information content (AvgIpc) is 2.26. The van der Waals surface area contributed by atoms with Crippen LogP contribution in [0.2, 0.25) is 0 Å². The molecule has 1 aromatic rings. The Morgan fingerprint density at radius 3 is 1.44 bits per heavy atom. The number of carboxylic acids is 2. The highest BCUT2D eigenvalue weighted by Crippen LogP contribution is 2.16. The zero-order valence-corrected chi connectivity index (χ0v) is 7.76. The Balaban J connectivity index is 3.62. The molecule has 0 fully saturated rings. The highest BCUT2D eigenvalue weighted by Gasteiger charge is 2.18. The molecule has 6 nitrogen and oxygen atoms in total. The first-order valence-corrected chi connectivity index (χ1v) is 3.96. The van der Waals surface area contributed by atoms with Gasteiger partial charge in [-0.05, 0) is 12.1 Å². The van der Waals surface area contributed by atoms with E-state index in [1.54, 1.807) is 12.1 Å². The van der Waals surface area contributed by atoms with Crippen molar-refractivity contribution < 1.29 is 19.8 Å². The molecule has 0 bridgehead atoms. The van der Waals surface area contributed by atoms with Gasteiger partial charge in [-0.2, -0.15) is 10.5 Å². The lowest BCUT2D eigenvalue weighted by atomic mass is 9.99. The van der Waals surface area contributed by atoms with Crippen LogP contribution in [0.25, 0.3) is 0 Å². The molecule has 0 aromatic heterocycles. The molecule has 0 atom stereocenters. The second-order valence-corrected chi connectivity index (χ2v) is 2.78. The number of aromatic carboxylic acids is 2. The number of hydrogen-bond donors (Lipinski definition) is 2. The summed E-state index contributed by atoms with van der Waals surface area (Å²) in [6.07, 6.45) is 0. The van der Waals surface area contributed by atoms with E-state index in [4.69, 9.17) is 20.7 Å². The van der Waals surface area contributed by atoms with Crippen molar-refractivity contribution in [2.45, 2.75) is 0 Å². The molecular weight excluding hydrogens is 212 g/mol. The predicted molar refractivity (Wildman–Crippen MR) is 49.8 cm³/mol. The highest BCUT2D eigenvalue weighted by atomic mass is 16.4. The maximum absolute atomic E-state index is 10.7. The zero-order chi connectivity index (χ0) is 12.3. The van der Waals surface area contributed by atoms with Crippen LogP contribution in [0.5, 0.6) is 0 Å². The van der Waals surface area contributed by atoms with Crippen LogP contribution in [0.4, 0.5) is 0 Å². The van der Waals surface area contributed by atoms with Crippen LogP contribution < -0.4 is 0 Å². The fourth-order valence-corrected chi connectivity index (χ4v) is 1.14. The number of hydrogen-bond acceptors (Lipinski definition) is 4. The molecule has 78 valence electrons. The molecule has 0 unspecified atom stereocenters. The van der Waals surface area contributed by atoms with Crippen LogP contribution in [0.15, 0.2) is 12.1 Å². The van der Waals surface area contributed by atoms with E-state index in [-0.39, 0.29) is 22.3 Å². The highest BCUT2D eigenvalue weighted by molar-refractivity contribution is 5.96. The van der Waals surface area contributed by atoms with Crippen molar-refractivity contribution >= 4 is 11.9 Å². The van der Waals surface area contributed by atoms with Crippen LogP contribution in [0, 0.1) is 22.7 Å². The zero-order valence-electron chi connectivity index (χ0n) is 7.76. The number of nitrogens with zero attached hydrogens (tertiary/aromatic N) is 2. The standard InChI is InChI=1S/C10H4N2O4/c11-3-5-1-7(9(13)14)6(4-12)2-8(5)10(15)16/h1-2H,(H,13,14)(H,15,16). The minimum Gasteiger partial charge on any atom is -0.478 e. The second kappa shape index (κ2) is 4.11. The van der Waals surface area contributed by atoms with Gasteiger partial charge >= 0.3 is 11.9 Å². The summed E-state index contributed by atoms with van der Waals surface area (Å²) in [6.45, 7) is 0. The molecule has 0 aliphatic rings.